The molecule has 2 heterocycles. The van der Waals surface area contributed by atoms with Crippen LogP contribution in [0, 0.1) is 19.8 Å². The average molecular weight is 321 g/mol. The van der Waals surface area contributed by atoms with E-state index in [4.69, 9.17) is 16.3 Å². The number of pyridine rings is 1. The first-order chi connectivity index (χ1) is 10.5. The van der Waals surface area contributed by atoms with Gasteiger partial charge in [0.05, 0.1) is 6.61 Å². The summed E-state index contributed by atoms with van der Waals surface area (Å²) < 4.78 is 5.56. The summed E-state index contributed by atoms with van der Waals surface area (Å²) >= 11 is 6.19. The van der Waals surface area contributed by atoms with Gasteiger partial charge in [-0.05, 0) is 37.0 Å². The normalized spacial score (nSPS) is 10.8. The van der Waals surface area contributed by atoms with Gasteiger partial charge in [0.25, 0.3) is 0 Å². The van der Waals surface area contributed by atoms with Crippen LogP contribution in [0.1, 0.15) is 30.7 Å². The quantitative estimate of drug-likeness (QED) is 0.877. The van der Waals surface area contributed by atoms with E-state index in [2.05, 4.69) is 34.1 Å². The second-order valence-corrected chi connectivity index (χ2v) is 6.06. The van der Waals surface area contributed by atoms with E-state index in [-0.39, 0.29) is 0 Å². The summed E-state index contributed by atoms with van der Waals surface area (Å²) in [4.78, 5) is 12.9. The van der Waals surface area contributed by atoms with Crippen LogP contribution in [-0.4, -0.2) is 21.6 Å². The van der Waals surface area contributed by atoms with Gasteiger partial charge in [-0.25, -0.2) is 15.0 Å². The fourth-order valence-electron chi connectivity index (χ4n) is 1.71. The Bertz CT molecular complexity index is 646. The van der Waals surface area contributed by atoms with Crippen LogP contribution in [0.2, 0.25) is 5.02 Å². The molecule has 118 valence electrons. The van der Waals surface area contributed by atoms with Gasteiger partial charge in [0.1, 0.15) is 5.02 Å². The molecule has 0 saturated heterocycles. The van der Waals surface area contributed by atoms with Crippen LogP contribution in [-0.2, 0) is 6.54 Å². The highest BCUT2D eigenvalue weighted by Crippen LogP contribution is 2.23. The van der Waals surface area contributed by atoms with Crippen molar-refractivity contribution < 1.29 is 4.74 Å². The Labute approximate surface area is 136 Å². The molecule has 0 spiro atoms. The third kappa shape index (κ3) is 4.56. The molecular formula is C16H21ClN4O. The van der Waals surface area contributed by atoms with Crippen LogP contribution in [0.4, 0.5) is 5.95 Å². The van der Waals surface area contributed by atoms with Crippen molar-refractivity contribution in [1.82, 2.24) is 15.0 Å². The van der Waals surface area contributed by atoms with Gasteiger partial charge in [0, 0.05) is 24.6 Å². The van der Waals surface area contributed by atoms with Crippen LogP contribution in [0.3, 0.4) is 0 Å². The van der Waals surface area contributed by atoms with E-state index in [1.807, 2.05) is 19.9 Å². The van der Waals surface area contributed by atoms with E-state index in [1.165, 1.54) is 0 Å². The van der Waals surface area contributed by atoms with E-state index >= 15 is 0 Å². The molecule has 0 unspecified atom stereocenters. The summed E-state index contributed by atoms with van der Waals surface area (Å²) in [7, 11) is 0. The number of anilines is 1. The van der Waals surface area contributed by atoms with Crippen molar-refractivity contribution in [3.8, 4) is 5.88 Å². The lowest BCUT2D eigenvalue weighted by atomic mass is 10.2. The molecule has 0 amide bonds. The largest absolute Gasteiger partial charge is 0.476 e. The highest BCUT2D eigenvalue weighted by Gasteiger charge is 2.07. The SMILES string of the molecule is Cc1cnc(NCc2cnc(OCC(C)C)c(Cl)c2)nc1C. The molecule has 0 aromatic carbocycles. The third-order valence-corrected chi connectivity index (χ3v) is 3.36. The number of aryl methyl sites for hydroxylation is 2. The number of hydrogen-bond acceptors (Lipinski definition) is 5. The molecule has 0 aliphatic rings. The second kappa shape index (κ2) is 7.40. The molecule has 2 rings (SSSR count). The van der Waals surface area contributed by atoms with Crippen molar-refractivity contribution in [2.24, 2.45) is 5.92 Å². The van der Waals surface area contributed by atoms with Gasteiger partial charge in [0.2, 0.25) is 11.8 Å². The summed E-state index contributed by atoms with van der Waals surface area (Å²) in [6, 6.07) is 1.85. The summed E-state index contributed by atoms with van der Waals surface area (Å²) in [5.74, 6) is 1.50. The van der Waals surface area contributed by atoms with Gasteiger partial charge >= 0.3 is 0 Å². The molecule has 2 aromatic rings. The molecule has 0 radical (unpaired) electrons. The minimum atomic E-state index is 0.432. The van der Waals surface area contributed by atoms with Crippen molar-refractivity contribution in [1.29, 1.82) is 0 Å². The molecular weight excluding hydrogens is 300 g/mol. The maximum absolute atomic E-state index is 6.19. The van der Waals surface area contributed by atoms with E-state index < -0.39 is 0 Å². The van der Waals surface area contributed by atoms with Gasteiger partial charge in [0.15, 0.2) is 0 Å². The number of aromatic nitrogens is 3. The fraction of sp³-hybridized carbons (Fsp3) is 0.438. The molecule has 0 saturated carbocycles. The van der Waals surface area contributed by atoms with Crippen LogP contribution < -0.4 is 10.1 Å². The Morgan fingerprint density at radius 1 is 1.23 bits per heavy atom. The zero-order chi connectivity index (χ0) is 16.1. The van der Waals surface area contributed by atoms with Crippen molar-refractivity contribution in [3.05, 3.63) is 40.3 Å². The monoisotopic (exact) mass is 320 g/mol. The molecule has 2 aromatic heterocycles. The topological polar surface area (TPSA) is 59.9 Å². The first-order valence-electron chi connectivity index (χ1n) is 7.27. The summed E-state index contributed by atoms with van der Waals surface area (Å²) in [6.45, 7) is 9.26. The van der Waals surface area contributed by atoms with Crippen LogP contribution in [0.15, 0.2) is 18.5 Å². The summed E-state index contributed by atoms with van der Waals surface area (Å²) in [5, 5.41) is 3.68. The van der Waals surface area contributed by atoms with Crippen LogP contribution in [0.25, 0.3) is 0 Å². The predicted octanol–water partition coefficient (Wildman–Crippen LogP) is 3.79. The standard InChI is InChI=1S/C16H21ClN4O/c1-10(2)9-22-15-14(17)5-13(7-18-15)8-20-16-19-6-11(3)12(4)21-16/h5-7,10H,8-9H2,1-4H3,(H,19,20,21). The van der Waals surface area contributed by atoms with E-state index in [9.17, 15) is 0 Å². The van der Waals surface area contributed by atoms with Gasteiger partial charge in [-0.15, -0.1) is 0 Å². The molecule has 22 heavy (non-hydrogen) atoms. The Kier molecular flexibility index (Phi) is 5.55. The predicted molar refractivity (Wildman–Crippen MR) is 88.4 cm³/mol. The first kappa shape index (κ1) is 16.5. The third-order valence-electron chi connectivity index (χ3n) is 3.09. The Balaban J connectivity index is 1.98. The zero-order valence-corrected chi connectivity index (χ0v) is 14.1. The highest BCUT2D eigenvalue weighted by molar-refractivity contribution is 6.31. The lowest BCUT2D eigenvalue weighted by Crippen LogP contribution is -2.08. The molecule has 0 bridgehead atoms. The number of nitrogens with zero attached hydrogens (tertiary/aromatic N) is 3. The molecule has 0 aliphatic heterocycles. The van der Waals surface area contributed by atoms with Crippen molar-refractivity contribution in [2.75, 3.05) is 11.9 Å². The fourth-order valence-corrected chi connectivity index (χ4v) is 1.95. The maximum atomic E-state index is 6.19. The highest BCUT2D eigenvalue weighted by atomic mass is 35.5. The zero-order valence-electron chi connectivity index (χ0n) is 13.4. The van der Waals surface area contributed by atoms with Gasteiger partial charge in [-0.3, -0.25) is 0 Å². The number of nitrogens with one attached hydrogen (secondary N) is 1. The lowest BCUT2D eigenvalue weighted by Gasteiger charge is -2.11. The Morgan fingerprint density at radius 3 is 2.64 bits per heavy atom. The Hall–Kier alpha value is -1.88. The number of halogens is 1. The minimum absolute atomic E-state index is 0.432. The average Bonchev–Trinajstić information content (AvgIpc) is 2.47. The molecule has 6 heteroatoms. The van der Waals surface area contributed by atoms with Crippen molar-refractivity contribution in [2.45, 2.75) is 34.2 Å². The number of ether oxygens (including phenoxy) is 1. The Morgan fingerprint density at radius 2 is 2.00 bits per heavy atom. The van der Waals surface area contributed by atoms with E-state index in [0.29, 0.717) is 35.9 Å². The van der Waals surface area contributed by atoms with Gasteiger partial charge in [-0.1, -0.05) is 25.4 Å². The first-order valence-corrected chi connectivity index (χ1v) is 7.65. The van der Waals surface area contributed by atoms with E-state index in [0.717, 1.165) is 16.8 Å². The van der Waals surface area contributed by atoms with E-state index in [1.54, 1.807) is 12.4 Å². The van der Waals surface area contributed by atoms with Gasteiger partial charge in [-0.2, -0.15) is 0 Å². The summed E-state index contributed by atoms with van der Waals surface area (Å²) in [6.07, 6.45) is 3.55. The van der Waals surface area contributed by atoms with Gasteiger partial charge < -0.3 is 10.1 Å². The molecule has 0 atom stereocenters. The smallest absolute Gasteiger partial charge is 0.232 e. The minimum Gasteiger partial charge on any atom is -0.476 e. The number of hydrogen-bond donors (Lipinski definition) is 1. The van der Waals surface area contributed by atoms with Crippen LogP contribution >= 0.6 is 11.6 Å². The molecule has 0 fully saturated rings. The van der Waals surface area contributed by atoms with Crippen molar-refractivity contribution >= 4 is 17.5 Å². The lowest BCUT2D eigenvalue weighted by molar-refractivity contribution is 0.261. The molecule has 1 N–H and O–H groups in total. The maximum Gasteiger partial charge on any atom is 0.232 e. The van der Waals surface area contributed by atoms with Crippen LogP contribution in [0.5, 0.6) is 5.88 Å². The summed E-state index contributed by atoms with van der Waals surface area (Å²) in [5.41, 5.74) is 2.98. The number of rotatable bonds is 6. The molecule has 5 nitrogen and oxygen atoms in total. The van der Waals surface area contributed by atoms with Crippen molar-refractivity contribution in [3.63, 3.8) is 0 Å². The molecule has 0 aliphatic carbocycles. The second-order valence-electron chi connectivity index (χ2n) is 5.65.